The third kappa shape index (κ3) is 31.0. The Morgan fingerprint density at radius 3 is 1.46 bits per heavy atom. The first kappa shape index (κ1) is 50.9. The van der Waals surface area contributed by atoms with Gasteiger partial charge in [0, 0.05) is 31.5 Å². The summed E-state index contributed by atoms with van der Waals surface area (Å²) in [6.45, 7) is 15.3. The second-order valence-electron chi connectivity index (χ2n) is 13.2. The zero-order chi connectivity index (χ0) is 41.1. The van der Waals surface area contributed by atoms with E-state index in [2.05, 4.69) is 20.9 Å². The van der Waals surface area contributed by atoms with E-state index in [9.17, 15) is 19.2 Å². The Kier molecular flexibility index (Phi) is 31.9. The van der Waals surface area contributed by atoms with Crippen LogP contribution in [0.15, 0.2) is 6.20 Å². The lowest BCUT2D eigenvalue weighted by Crippen LogP contribution is -2.44. The largest absolute Gasteiger partial charge is 0.481 e. The predicted molar refractivity (Wildman–Crippen MR) is 202 cm³/mol. The fourth-order valence-electron chi connectivity index (χ4n) is 4.52. The molecule has 1 aromatic rings. The lowest BCUT2D eigenvalue weighted by Gasteiger charge is -2.19. The number of amides is 2. The van der Waals surface area contributed by atoms with E-state index in [-0.39, 0.29) is 49.5 Å². The number of ketones is 1. The zero-order valence-corrected chi connectivity index (χ0v) is 33.9. The van der Waals surface area contributed by atoms with Crippen molar-refractivity contribution in [3.63, 3.8) is 0 Å². The topological polar surface area (TPSA) is 226 Å². The zero-order valence-electron chi connectivity index (χ0n) is 33.9. The predicted octanol–water partition coefficient (Wildman–Crippen LogP) is 0.707. The van der Waals surface area contributed by atoms with Crippen LogP contribution in [0.4, 0.5) is 0 Å². The van der Waals surface area contributed by atoms with Crippen LogP contribution < -0.4 is 10.6 Å². The summed E-state index contributed by atoms with van der Waals surface area (Å²) in [5.74, 6) is -1.25. The Labute approximate surface area is 331 Å². The minimum absolute atomic E-state index is 0.0140. The number of aliphatic carboxylic acids is 1. The Morgan fingerprint density at radius 1 is 0.625 bits per heavy atom. The Bertz CT molecular complexity index is 1160. The number of hydrogen-bond acceptors (Lipinski definition) is 15. The quantitative estimate of drug-likeness (QED) is 0.0777. The molecule has 0 fully saturated rings. The van der Waals surface area contributed by atoms with Gasteiger partial charge in [0.1, 0.15) is 6.54 Å². The van der Waals surface area contributed by atoms with E-state index < -0.39 is 12.0 Å². The molecule has 0 aliphatic carbocycles. The van der Waals surface area contributed by atoms with Crippen molar-refractivity contribution in [1.82, 2.24) is 25.6 Å². The molecular formula is C37H67N5O14. The number of carboxylic acids is 1. The van der Waals surface area contributed by atoms with Crippen molar-refractivity contribution in [3.8, 4) is 0 Å². The Hall–Kier alpha value is -3.14. The molecule has 1 rings (SSSR count). The van der Waals surface area contributed by atoms with Crippen molar-refractivity contribution in [2.24, 2.45) is 11.8 Å². The van der Waals surface area contributed by atoms with Crippen molar-refractivity contribution in [3.05, 3.63) is 11.9 Å². The van der Waals surface area contributed by atoms with E-state index in [4.69, 9.17) is 47.7 Å². The average Bonchev–Trinajstić information content (AvgIpc) is 3.60. The van der Waals surface area contributed by atoms with Crippen LogP contribution in [-0.2, 0) is 74.8 Å². The summed E-state index contributed by atoms with van der Waals surface area (Å²) in [6, 6.07) is -0.700. The third-order valence-electron chi connectivity index (χ3n) is 7.51. The van der Waals surface area contributed by atoms with Gasteiger partial charge in [-0.25, -0.2) is 4.68 Å². The summed E-state index contributed by atoms with van der Waals surface area (Å²) in [7, 11) is 0. The van der Waals surface area contributed by atoms with Crippen LogP contribution in [0.5, 0.6) is 0 Å². The number of rotatable bonds is 40. The minimum Gasteiger partial charge on any atom is -0.481 e. The first-order valence-electron chi connectivity index (χ1n) is 19.5. The molecule has 0 aromatic carbocycles. The number of aromatic nitrogens is 3. The SMILES string of the molecule is CC(C)CCC(=O)N[C@@H](Cc1cn(CC(=O)NCCOCCOCCOCCOCCOCCOCCOCCOCCOCCC(=O)O)nn1)C(=O)C(C)C. The molecule has 0 aliphatic heterocycles. The molecule has 0 spiro atoms. The van der Waals surface area contributed by atoms with E-state index in [1.54, 1.807) is 20.0 Å². The first-order chi connectivity index (χ1) is 27.1. The van der Waals surface area contributed by atoms with Crippen molar-refractivity contribution in [2.75, 3.05) is 125 Å². The monoisotopic (exact) mass is 805 g/mol. The van der Waals surface area contributed by atoms with Gasteiger partial charge in [0.2, 0.25) is 11.8 Å². The molecule has 1 heterocycles. The number of ether oxygens (including phenoxy) is 9. The Morgan fingerprint density at radius 2 is 1.05 bits per heavy atom. The molecule has 1 aromatic heterocycles. The van der Waals surface area contributed by atoms with Gasteiger partial charge < -0.3 is 58.4 Å². The highest BCUT2D eigenvalue weighted by atomic mass is 16.6. The van der Waals surface area contributed by atoms with Crippen molar-refractivity contribution >= 4 is 23.6 Å². The van der Waals surface area contributed by atoms with Crippen molar-refractivity contribution in [2.45, 2.75) is 66.0 Å². The molecule has 324 valence electrons. The highest BCUT2D eigenvalue weighted by Gasteiger charge is 2.25. The fourth-order valence-corrected chi connectivity index (χ4v) is 4.52. The van der Waals surface area contributed by atoms with Gasteiger partial charge in [-0.1, -0.05) is 32.9 Å². The highest BCUT2D eigenvalue weighted by Crippen LogP contribution is 2.09. The highest BCUT2D eigenvalue weighted by molar-refractivity contribution is 5.90. The molecule has 0 radical (unpaired) electrons. The summed E-state index contributed by atoms with van der Waals surface area (Å²) >= 11 is 0. The molecule has 1 atom stereocenters. The van der Waals surface area contributed by atoms with Gasteiger partial charge in [0.25, 0.3) is 0 Å². The molecule has 0 unspecified atom stereocenters. The lowest BCUT2D eigenvalue weighted by atomic mass is 9.97. The van der Waals surface area contributed by atoms with Crippen LogP contribution in [0, 0.1) is 11.8 Å². The van der Waals surface area contributed by atoms with Gasteiger partial charge in [-0.2, -0.15) is 0 Å². The minimum atomic E-state index is -0.884. The second kappa shape index (κ2) is 35.1. The maximum atomic E-state index is 12.7. The smallest absolute Gasteiger partial charge is 0.305 e. The van der Waals surface area contributed by atoms with Crippen LogP contribution in [0.1, 0.15) is 52.7 Å². The van der Waals surface area contributed by atoms with Crippen LogP contribution in [0.3, 0.4) is 0 Å². The van der Waals surface area contributed by atoms with Crippen LogP contribution >= 0.6 is 0 Å². The number of carbonyl (C=O) groups excluding carboxylic acids is 3. The molecule has 0 saturated heterocycles. The molecule has 0 saturated carbocycles. The van der Waals surface area contributed by atoms with E-state index in [0.717, 1.165) is 6.42 Å². The van der Waals surface area contributed by atoms with E-state index in [1.165, 1.54) is 4.68 Å². The van der Waals surface area contributed by atoms with Crippen LogP contribution in [0.25, 0.3) is 0 Å². The van der Waals surface area contributed by atoms with E-state index >= 15 is 0 Å². The maximum absolute atomic E-state index is 12.7. The first-order valence-corrected chi connectivity index (χ1v) is 19.5. The summed E-state index contributed by atoms with van der Waals surface area (Å²) in [4.78, 5) is 47.8. The van der Waals surface area contributed by atoms with Crippen LogP contribution in [-0.4, -0.2) is 175 Å². The summed E-state index contributed by atoms with van der Waals surface area (Å²) in [5.41, 5.74) is 0.514. The molecular weight excluding hydrogens is 738 g/mol. The van der Waals surface area contributed by atoms with E-state index in [0.29, 0.717) is 137 Å². The van der Waals surface area contributed by atoms with Crippen molar-refractivity contribution in [1.29, 1.82) is 0 Å². The summed E-state index contributed by atoms with van der Waals surface area (Å²) < 4.78 is 50.1. The molecule has 3 N–H and O–H groups in total. The van der Waals surface area contributed by atoms with Gasteiger partial charge in [0.05, 0.1) is 137 Å². The van der Waals surface area contributed by atoms with Gasteiger partial charge in [-0.3, -0.25) is 19.2 Å². The van der Waals surface area contributed by atoms with E-state index in [1.807, 2.05) is 13.8 Å². The number of nitrogens with one attached hydrogen (secondary N) is 2. The number of hydrogen-bond donors (Lipinski definition) is 3. The van der Waals surface area contributed by atoms with Crippen LogP contribution in [0.2, 0.25) is 0 Å². The summed E-state index contributed by atoms with van der Waals surface area (Å²) in [6.07, 6.45) is 2.89. The number of carbonyl (C=O) groups is 4. The molecule has 0 bridgehead atoms. The fraction of sp³-hybridized carbons (Fsp3) is 0.838. The van der Waals surface area contributed by atoms with Gasteiger partial charge >= 0.3 is 5.97 Å². The lowest BCUT2D eigenvalue weighted by molar-refractivity contribution is -0.138. The molecule has 2 amide bonds. The molecule has 56 heavy (non-hydrogen) atoms. The number of carboxylic acid groups (broad SMARTS) is 1. The molecule has 0 aliphatic rings. The average molecular weight is 806 g/mol. The number of Topliss-reactive ketones (excluding diaryl/α,β-unsaturated/α-hetero) is 1. The Balaban J connectivity index is 1.89. The maximum Gasteiger partial charge on any atom is 0.305 e. The van der Waals surface area contributed by atoms with Gasteiger partial charge in [-0.05, 0) is 12.3 Å². The normalized spacial score (nSPS) is 12.0. The second-order valence-corrected chi connectivity index (χ2v) is 13.2. The standard InChI is InChI=1S/C37H67N5O14/c1-30(2)5-6-34(43)39-33(37(47)31(3)4)27-32-28-42(41-40-32)29-35(44)38-8-10-49-12-14-51-16-18-53-20-22-55-24-26-56-25-23-54-21-19-52-17-15-50-13-11-48-9-7-36(45)46/h28,30-31,33H,5-27,29H2,1-4H3,(H,38,44)(H,39,43)(H,45,46)/t33-/m0/s1. The summed E-state index contributed by atoms with van der Waals surface area (Å²) in [5, 5.41) is 22.2. The number of nitrogens with zero attached hydrogens (tertiary/aromatic N) is 3. The molecule has 19 heteroatoms. The van der Waals surface area contributed by atoms with Gasteiger partial charge in [-0.15, -0.1) is 5.10 Å². The van der Waals surface area contributed by atoms with Crippen molar-refractivity contribution < 1.29 is 66.9 Å². The molecule has 19 nitrogen and oxygen atoms in total. The third-order valence-corrected chi connectivity index (χ3v) is 7.51. The van der Waals surface area contributed by atoms with Gasteiger partial charge in [0.15, 0.2) is 5.78 Å².